The molecule has 1 heterocycles. The fraction of sp³-hybridized carbons (Fsp3) is 0.857. The third-order valence-electron chi connectivity index (χ3n) is 4.50. The van der Waals surface area contributed by atoms with E-state index < -0.39 is 0 Å². The standard InChI is InChI=1S/C14H22N2O2/c17-13(10-5-6-10)15-12-7-8-16(9-12)14(18)11-3-1-2-4-11/h10-12H,1-9H2,(H,15,17)/t12-/m1/s1. The van der Waals surface area contributed by atoms with E-state index in [1.165, 1.54) is 12.8 Å². The van der Waals surface area contributed by atoms with Gasteiger partial charge in [0, 0.05) is 31.0 Å². The summed E-state index contributed by atoms with van der Waals surface area (Å²) in [6.45, 7) is 1.55. The molecule has 3 rings (SSSR count). The lowest BCUT2D eigenvalue weighted by Gasteiger charge is -2.20. The number of hydrogen-bond acceptors (Lipinski definition) is 2. The van der Waals surface area contributed by atoms with Gasteiger partial charge in [0.15, 0.2) is 0 Å². The average Bonchev–Trinajstić information content (AvgIpc) is 2.90. The van der Waals surface area contributed by atoms with Gasteiger partial charge in [0.05, 0.1) is 0 Å². The van der Waals surface area contributed by atoms with E-state index in [0.717, 1.165) is 45.2 Å². The van der Waals surface area contributed by atoms with Crippen molar-refractivity contribution in [3.05, 3.63) is 0 Å². The highest BCUT2D eigenvalue weighted by Gasteiger charge is 2.35. The van der Waals surface area contributed by atoms with E-state index >= 15 is 0 Å². The molecule has 2 amide bonds. The maximum atomic E-state index is 12.2. The first-order valence-corrected chi connectivity index (χ1v) is 7.33. The summed E-state index contributed by atoms with van der Waals surface area (Å²) in [6, 6.07) is 0.198. The number of hydrogen-bond donors (Lipinski definition) is 1. The molecule has 2 saturated carbocycles. The molecule has 1 N–H and O–H groups in total. The Hall–Kier alpha value is -1.06. The van der Waals surface area contributed by atoms with E-state index in [4.69, 9.17) is 0 Å². The Morgan fingerprint density at radius 2 is 1.67 bits per heavy atom. The highest BCUT2D eigenvalue weighted by molar-refractivity contribution is 5.82. The zero-order valence-electron chi connectivity index (χ0n) is 10.9. The number of carbonyl (C=O) groups is 2. The SMILES string of the molecule is O=C(N[C@@H]1CCN(C(=O)C2CCCC2)C1)C1CC1. The molecule has 0 aromatic heterocycles. The lowest BCUT2D eigenvalue weighted by Crippen LogP contribution is -2.40. The molecule has 0 aromatic carbocycles. The number of nitrogens with zero attached hydrogens (tertiary/aromatic N) is 1. The molecule has 100 valence electrons. The number of amides is 2. The second kappa shape index (κ2) is 4.90. The summed E-state index contributed by atoms with van der Waals surface area (Å²) in [4.78, 5) is 25.9. The molecular formula is C14H22N2O2. The zero-order valence-corrected chi connectivity index (χ0v) is 10.9. The number of carbonyl (C=O) groups excluding carboxylic acids is 2. The number of nitrogens with one attached hydrogen (secondary N) is 1. The molecule has 0 radical (unpaired) electrons. The summed E-state index contributed by atoms with van der Waals surface area (Å²) in [7, 11) is 0. The van der Waals surface area contributed by atoms with E-state index in [9.17, 15) is 9.59 Å². The fourth-order valence-electron chi connectivity index (χ4n) is 3.17. The lowest BCUT2D eigenvalue weighted by atomic mass is 10.1. The molecule has 1 aliphatic heterocycles. The summed E-state index contributed by atoms with van der Waals surface area (Å²) >= 11 is 0. The summed E-state index contributed by atoms with van der Waals surface area (Å²) in [6.07, 6.45) is 7.55. The first-order valence-electron chi connectivity index (χ1n) is 7.33. The molecular weight excluding hydrogens is 228 g/mol. The molecule has 2 aliphatic carbocycles. The second-order valence-corrected chi connectivity index (χ2v) is 6.03. The molecule has 18 heavy (non-hydrogen) atoms. The van der Waals surface area contributed by atoms with Gasteiger partial charge in [-0.15, -0.1) is 0 Å². The van der Waals surface area contributed by atoms with E-state index in [0.29, 0.717) is 5.91 Å². The number of likely N-dealkylation sites (tertiary alicyclic amines) is 1. The van der Waals surface area contributed by atoms with Gasteiger partial charge in [-0.1, -0.05) is 12.8 Å². The first-order chi connectivity index (χ1) is 8.74. The highest BCUT2D eigenvalue weighted by Crippen LogP contribution is 2.30. The number of rotatable bonds is 3. The van der Waals surface area contributed by atoms with E-state index in [2.05, 4.69) is 5.32 Å². The van der Waals surface area contributed by atoms with Crippen molar-refractivity contribution < 1.29 is 9.59 Å². The molecule has 1 saturated heterocycles. The largest absolute Gasteiger partial charge is 0.351 e. The van der Waals surface area contributed by atoms with Crippen molar-refractivity contribution in [2.45, 2.75) is 51.0 Å². The third-order valence-corrected chi connectivity index (χ3v) is 4.50. The van der Waals surface area contributed by atoms with Crippen LogP contribution in [-0.2, 0) is 9.59 Å². The van der Waals surface area contributed by atoms with Gasteiger partial charge in [-0.25, -0.2) is 0 Å². The lowest BCUT2D eigenvalue weighted by molar-refractivity contribution is -0.134. The maximum absolute atomic E-state index is 12.2. The highest BCUT2D eigenvalue weighted by atomic mass is 16.2. The van der Waals surface area contributed by atoms with Gasteiger partial charge in [0.25, 0.3) is 0 Å². The van der Waals surface area contributed by atoms with Crippen molar-refractivity contribution in [2.24, 2.45) is 11.8 Å². The summed E-state index contributed by atoms with van der Waals surface area (Å²) in [5.41, 5.74) is 0. The Morgan fingerprint density at radius 1 is 0.944 bits per heavy atom. The van der Waals surface area contributed by atoms with Crippen molar-refractivity contribution in [3.8, 4) is 0 Å². The molecule has 4 nitrogen and oxygen atoms in total. The predicted octanol–water partition coefficient (Wildman–Crippen LogP) is 1.30. The van der Waals surface area contributed by atoms with Crippen molar-refractivity contribution in [1.82, 2.24) is 10.2 Å². The van der Waals surface area contributed by atoms with E-state index in [-0.39, 0.29) is 23.8 Å². The van der Waals surface area contributed by atoms with Gasteiger partial charge in [0.2, 0.25) is 11.8 Å². The van der Waals surface area contributed by atoms with Gasteiger partial charge in [-0.3, -0.25) is 9.59 Å². The van der Waals surface area contributed by atoms with Crippen LogP contribution in [-0.4, -0.2) is 35.8 Å². The molecule has 1 atom stereocenters. The molecule has 0 spiro atoms. The van der Waals surface area contributed by atoms with Crippen LogP contribution in [0.4, 0.5) is 0 Å². The monoisotopic (exact) mass is 250 g/mol. The van der Waals surface area contributed by atoms with Crippen LogP contribution in [0.25, 0.3) is 0 Å². The predicted molar refractivity (Wildman–Crippen MR) is 67.8 cm³/mol. The fourth-order valence-corrected chi connectivity index (χ4v) is 3.17. The van der Waals surface area contributed by atoms with E-state index in [1.807, 2.05) is 4.90 Å². The molecule has 3 fully saturated rings. The van der Waals surface area contributed by atoms with Gasteiger partial charge in [-0.05, 0) is 32.1 Å². The van der Waals surface area contributed by atoms with Crippen LogP contribution in [0.5, 0.6) is 0 Å². The van der Waals surface area contributed by atoms with Crippen LogP contribution in [0.1, 0.15) is 44.9 Å². The third kappa shape index (κ3) is 2.52. The summed E-state index contributed by atoms with van der Waals surface area (Å²) < 4.78 is 0. The Bertz CT molecular complexity index is 346. The van der Waals surface area contributed by atoms with Crippen LogP contribution in [0.3, 0.4) is 0 Å². The van der Waals surface area contributed by atoms with Gasteiger partial charge in [0.1, 0.15) is 0 Å². The minimum Gasteiger partial charge on any atom is -0.351 e. The smallest absolute Gasteiger partial charge is 0.225 e. The minimum absolute atomic E-state index is 0.198. The van der Waals surface area contributed by atoms with Crippen LogP contribution < -0.4 is 5.32 Å². The van der Waals surface area contributed by atoms with Gasteiger partial charge in [-0.2, -0.15) is 0 Å². The Kier molecular flexibility index (Phi) is 3.27. The quantitative estimate of drug-likeness (QED) is 0.821. The molecule has 0 unspecified atom stereocenters. The molecule has 4 heteroatoms. The minimum atomic E-state index is 0.198. The molecule has 3 aliphatic rings. The Balaban J connectivity index is 1.48. The van der Waals surface area contributed by atoms with Gasteiger partial charge < -0.3 is 10.2 Å². The normalized spacial score (nSPS) is 28.7. The van der Waals surface area contributed by atoms with Crippen LogP contribution >= 0.6 is 0 Å². The summed E-state index contributed by atoms with van der Waals surface area (Å²) in [5, 5.41) is 3.08. The summed E-state index contributed by atoms with van der Waals surface area (Å²) in [5.74, 6) is 1.07. The second-order valence-electron chi connectivity index (χ2n) is 6.03. The molecule has 0 bridgehead atoms. The Morgan fingerprint density at radius 3 is 2.33 bits per heavy atom. The van der Waals surface area contributed by atoms with Gasteiger partial charge >= 0.3 is 0 Å². The Labute approximate surface area is 108 Å². The topological polar surface area (TPSA) is 49.4 Å². The van der Waals surface area contributed by atoms with Crippen molar-refractivity contribution in [1.29, 1.82) is 0 Å². The van der Waals surface area contributed by atoms with Crippen LogP contribution in [0.2, 0.25) is 0 Å². The maximum Gasteiger partial charge on any atom is 0.225 e. The van der Waals surface area contributed by atoms with Crippen molar-refractivity contribution in [3.63, 3.8) is 0 Å². The van der Waals surface area contributed by atoms with Crippen LogP contribution in [0.15, 0.2) is 0 Å². The van der Waals surface area contributed by atoms with Crippen molar-refractivity contribution >= 4 is 11.8 Å². The first kappa shape index (κ1) is 12.0. The average molecular weight is 250 g/mol. The van der Waals surface area contributed by atoms with Crippen molar-refractivity contribution in [2.75, 3.05) is 13.1 Å². The van der Waals surface area contributed by atoms with E-state index in [1.54, 1.807) is 0 Å². The molecule has 0 aromatic rings. The van der Waals surface area contributed by atoms with Crippen LogP contribution in [0, 0.1) is 11.8 Å². The zero-order chi connectivity index (χ0) is 12.5.